The molecule has 0 N–H and O–H groups in total. The molecule has 2 nitrogen and oxygen atoms in total. The topological polar surface area (TPSA) is 25.8 Å². The van der Waals surface area contributed by atoms with E-state index in [-0.39, 0.29) is 0 Å². The van der Waals surface area contributed by atoms with Crippen molar-refractivity contribution in [3.8, 4) is 22.4 Å². The van der Waals surface area contributed by atoms with Crippen LogP contribution in [0.25, 0.3) is 33.3 Å². The summed E-state index contributed by atoms with van der Waals surface area (Å²) < 4.78 is 0. The predicted molar refractivity (Wildman–Crippen MR) is 95.1 cm³/mol. The molecule has 3 aromatic carbocycles. The first-order valence-electron chi connectivity index (χ1n) is 7.71. The van der Waals surface area contributed by atoms with Crippen molar-refractivity contribution in [2.45, 2.75) is 6.92 Å². The molecule has 110 valence electrons. The van der Waals surface area contributed by atoms with Gasteiger partial charge in [0.2, 0.25) is 0 Å². The average molecular weight is 296 g/mol. The highest BCUT2D eigenvalue weighted by molar-refractivity contribution is 6.00. The van der Waals surface area contributed by atoms with Gasteiger partial charge in [-0.15, -0.1) is 10.2 Å². The zero-order valence-electron chi connectivity index (χ0n) is 12.9. The summed E-state index contributed by atoms with van der Waals surface area (Å²) in [6, 6.07) is 27.0. The van der Waals surface area contributed by atoms with E-state index in [2.05, 4.69) is 65.7 Å². The van der Waals surface area contributed by atoms with Gasteiger partial charge >= 0.3 is 0 Å². The number of fused-ring (bicyclic) bond motifs is 1. The third-order valence-corrected chi connectivity index (χ3v) is 4.03. The summed E-state index contributed by atoms with van der Waals surface area (Å²) in [5.74, 6) is 0. The first-order chi connectivity index (χ1) is 11.3. The standard InChI is InChI=1S/C21H16N2/c1-15-12-13-19-18(14-15)20(16-8-4-2-5-9-16)21(23-22-19)17-10-6-3-7-11-17/h2-14H,1H3. The normalized spacial score (nSPS) is 10.8. The van der Waals surface area contributed by atoms with E-state index in [0.29, 0.717) is 0 Å². The first-order valence-corrected chi connectivity index (χ1v) is 7.71. The summed E-state index contributed by atoms with van der Waals surface area (Å²) >= 11 is 0. The van der Waals surface area contributed by atoms with E-state index < -0.39 is 0 Å². The number of aromatic nitrogens is 2. The minimum absolute atomic E-state index is 0.925. The maximum Gasteiger partial charge on any atom is 0.101 e. The van der Waals surface area contributed by atoms with Crippen molar-refractivity contribution in [2.24, 2.45) is 0 Å². The monoisotopic (exact) mass is 296 g/mol. The van der Waals surface area contributed by atoms with Crippen molar-refractivity contribution in [3.63, 3.8) is 0 Å². The molecule has 0 aliphatic rings. The van der Waals surface area contributed by atoms with Crippen LogP contribution in [0.3, 0.4) is 0 Å². The third kappa shape index (κ3) is 2.49. The van der Waals surface area contributed by atoms with Gasteiger partial charge in [-0.3, -0.25) is 0 Å². The predicted octanol–water partition coefficient (Wildman–Crippen LogP) is 5.27. The summed E-state index contributed by atoms with van der Waals surface area (Å²) in [5.41, 5.74) is 6.47. The molecule has 2 heteroatoms. The van der Waals surface area contributed by atoms with Crippen molar-refractivity contribution >= 4 is 10.9 Å². The van der Waals surface area contributed by atoms with Crippen molar-refractivity contribution in [1.82, 2.24) is 10.2 Å². The highest BCUT2D eigenvalue weighted by atomic mass is 15.1. The second-order valence-electron chi connectivity index (χ2n) is 5.68. The SMILES string of the molecule is Cc1ccc2nnc(-c3ccccc3)c(-c3ccccc3)c2c1. The summed E-state index contributed by atoms with van der Waals surface area (Å²) in [6.07, 6.45) is 0. The Labute approximate surface area is 135 Å². The smallest absolute Gasteiger partial charge is 0.101 e. The Morgan fingerprint density at radius 3 is 2.00 bits per heavy atom. The Bertz CT molecular complexity index is 961. The van der Waals surface area contributed by atoms with Gasteiger partial charge in [0.1, 0.15) is 5.69 Å². The van der Waals surface area contributed by atoms with Gasteiger partial charge in [-0.05, 0) is 24.6 Å². The molecular weight excluding hydrogens is 280 g/mol. The molecule has 0 fully saturated rings. The fraction of sp³-hybridized carbons (Fsp3) is 0.0476. The lowest BCUT2D eigenvalue weighted by Gasteiger charge is -2.12. The Kier molecular flexibility index (Phi) is 3.35. The molecular formula is C21H16N2. The second kappa shape index (κ2) is 5.65. The first kappa shape index (κ1) is 13.6. The quantitative estimate of drug-likeness (QED) is 0.503. The maximum absolute atomic E-state index is 4.53. The number of aryl methyl sites for hydroxylation is 1. The Hall–Kier alpha value is -3.00. The molecule has 0 atom stereocenters. The van der Waals surface area contributed by atoms with Gasteiger partial charge in [-0.2, -0.15) is 0 Å². The minimum Gasteiger partial charge on any atom is -0.150 e. The highest BCUT2D eigenvalue weighted by Crippen LogP contribution is 2.35. The van der Waals surface area contributed by atoms with Crippen LogP contribution in [0.2, 0.25) is 0 Å². The molecule has 4 rings (SSSR count). The lowest BCUT2D eigenvalue weighted by atomic mass is 9.95. The molecule has 0 amide bonds. The van der Waals surface area contributed by atoms with Gasteiger partial charge in [0, 0.05) is 16.5 Å². The van der Waals surface area contributed by atoms with Crippen LogP contribution in [0, 0.1) is 6.92 Å². The Morgan fingerprint density at radius 2 is 1.30 bits per heavy atom. The molecule has 4 aromatic rings. The second-order valence-corrected chi connectivity index (χ2v) is 5.68. The number of benzene rings is 3. The van der Waals surface area contributed by atoms with Gasteiger partial charge in [0.25, 0.3) is 0 Å². The van der Waals surface area contributed by atoms with Crippen LogP contribution in [0.5, 0.6) is 0 Å². The van der Waals surface area contributed by atoms with E-state index in [1.54, 1.807) is 0 Å². The maximum atomic E-state index is 4.53. The number of rotatable bonds is 2. The van der Waals surface area contributed by atoms with Crippen molar-refractivity contribution in [2.75, 3.05) is 0 Å². The van der Waals surface area contributed by atoms with Crippen LogP contribution < -0.4 is 0 Å². The van der Waals surface area contributed by atoms with E-state index in [4.69, 9.17) is 0 Å². The lowest BCUT2D eigenvalue weighted by molar-refractivity contribution is 1.08. The molecule has 0 aliphatic carbocycles. The summed E-state index contributed by atoms with van der Waals surface area (Å²) in [6.45, 7) is 2.11. The zero-order chi connectivity index (χ0) is 15.6. The van der Waals surface area contributed by atoms with Crippen molar-refractivity contribution in [3.05, 3.63) is 84.4 Å². The van der Waals surface area contributed by atoms with E-state index in [9.17, 15) is 0 Å². The van der Waals surface area contributed by atoms with Gasteiger partial charge < -0.3 is 0 Å². The van der Waals surface area contributed by atoms with Gasteiger partial charge in [-0.1, -0.05) is 72.3 Å². The highest BCUT2D eigenvalue weighted by Gasteiger charge is 2.14. The molecule has 0 saturated carbocycles. The number of hydrogen-bond acceptors (Lipinski definition) is 2. The van der Waals surface area contributed by atoms with E-state index in [1.165, 1.54) is 5.56 Å². The lowest BCUT2D eigenvalue weighted by Crippen LogP contribution is -1.95. The molecule has 1 aromatic heterocycles. The van der Waals surface area contributed by atoms with Gasteiger partial charge in [0.05, 0.1) is 5.52 Å². The van der Waals surface area contributed by atoms with Crippen LogP contribution in [-0.4, -0.2) is 10.2 Å². The largest absolute Gasteiger partial charge is 0.150 e. The molecule has 0 aliphatic heterocycles. The molecule has 0 saturated heterocycles. The molecule has 0 unspecified atom stereocenters. The fourth-order valence-corrected chi connectivity index (χ4v) is 2.91. The van der Waals surface area contributed by atoms with Crippen LogP contribution in [0.1, 0.15) is 5.56 Å². The molecule has 23 heavy (non-hydrogen) atoms. The molecule has 0 bridgehead atoms. The van der Waals surface area contributed by atoms with Crippen molar-refractivity contribution in [1.29, 1.82) is 0 Å². The van der Waals surface area contributed by atoms with Gasteiger partial charge in [0.15, 0.2) is 0 Å². The molecule has 1 heterocycles. The molecule has 0 spiro atoms. The van der Waals surface area contributed by atoms with Crippen LogP contribution in [-0.2, 0) is 0 Å². The van der Waals surface area contributed by atoms with Crippen LogP contribution >= 0.6 is 0 Å². The van der Waals surface area contributed by atoms with E-state index >= 15 is 0 Å². The summed E-state index contributed by atoms with van der Waals surface area (Å²) in [4.78, 5) is 0. The van der Waals surface area contributed by atoms with Crippen LogP contribution in [0.15, 0.2) is 78.9 Å². The third-order valence-electron chi connectivity index (χ3n) is 4.03. The summed E-state index contributed by atoms with van der Waals surface area (Å²) in [5, 5.41) is 10.1. The average Bonchev–Trinajstić information content (AvgIpc) is 2.62. The van der Waals surface area contributed by atoms with Gasteiger partial charge in [-0.25, -0.2) is 0 Å². The fourth-order valence-electron chi connectivity index (χ4n) is 2.91. The Morgan fingerprint density at radius 1 is 0.652 bits per heavy atom. The van der Waals surface area contributed by atoms with Crippen molar-refractivity contribution < 1.29 is 0 Å². The molecule has 0 radical (unpaired) electrons. The Balaban J connectivity index is 2.11. The zero-order valence-corrected chi connectivity index (χ0v) is 12.9. The minimum atomic E-state index is 0.925. The van der Waals surface area contributed by atoms with Crippen LogP contribution in [0.4, 0.5) is 0 Å². The number of hydrogen-bond donors (Lipinski definition) is 0. The van der Waals surface area contributed by atoms with E-state index in [1.807, 2.05) is 30.3 Å². The number of nitrogens with zero attached hydrogens (tertiary/aromatic N) is 2. The summed E-state index contributed by atoms with van der Waals surface area (Å²) in [7, 11) is 0. The van der Waals surface area contributed by atoms with E-state index in [0.717, 1.165) is 33.3 Å².